The van der Waals surface area contributed by atoms with E-state index in [4.69, 9.17) is 10.3 Å². The van der Waals surface area contributed by atoms with E-state index in [1.165, 1.54) is 11.3 Å². The lowest BCUT2D eigenvalue weighted by molar-refractivity contribution is 0.424. The molecule has 3 aromatic rings. The van der Waals surface area contributed by atoms with Crippen LogP contribution in [0.4, 0.5) is 5.69 Å². The lowest BCUT2D eigenvalue weighted by Gasteiger charge is -1.93. The second kappa shape index (κ2) is 4.58. The number of thiophene rings is 1. The van der Waals surface area contributed by atoms with E-state index in [9.17, 15) is 0 Å². The van der Waals surface area contributed by atoms with Gasteiger partial charge in [-0.25, -0.2) is 0 Å². The first-order valence-electron chi connectivity index (χ1n) is 5.39. The Balaban J connectivity index is 1.84. The van der Waals surface area contributed by atoms with Crippen LogP contribution in [0.15, 0.2) is 40.4 Å². The molecule has 5 nitrogen and oxygen atoms in total. The minimum Gasteiger partial charge on any atom is -0.397 e. The molecule has 6 heteroatoms. The fourth-order valence-electron chi connectivity index (χ4n) is 1.58. The lowest BCUT2D eigenvalue weighted by Crippen LogP contribution is -1.93. The van der Waals surface area contributed by atoms with Gasteiger partial charge in [0.25, 0.3) is 5.89 Å². The van der Waals surface area contributed by atoms with Crippen molar-refractivity contribution in [2.45, 2.75) is 6.42 Å². The number of aromatic nitrogens is 3. The second-order valence-corrected chi connectivity index (χ2v) is 4.63. The van der Waals surface area contributed by atoms with Gasteiger partial charge in [0.05, 0.1) is 12.1 Å². The summed E-state index contributed by atoms with van der Waals surface area (Å²) in [7, 11) is 0. The van der Waals surface area contributed by atoms with E-state index in [2.05, 4.69) is 15.1 Å². The van der Waals surface area contributed by atoms with E-state index >= 15 is 0 Å². The van der Waals surface area contributed by atoms with Crippen LogP contribution < -0.4 is 5.73 Å². The molecule has 3 aromatic heterocycles. The molecule has 0 aliphatic carbocycles. The number of hydrogen-bond donors (Lipinski definition) is 1. The standard InChI is InChI=1S/C12H10N4OS/c13-9-4-6-18-11(9)12-15-10(16-17-12)7-8-3-1-2-5-14-8/h1-6H,7,13H2. The highest BCUT2D eigenvalue weighted by molar-refractivity contribution is 7.14. The van der Waals surface area contributed by atoms with Crippen molar-refractivity contribution in [3.05, 3.63) is 47.4 Å². The predicted octanol–water partition coefficient (Wildman–Crippen LogP) is 2.37. The average Bonchev–Trinajstić information content (AvgIpc) is 2.99. The summed E-state index contributed by atoms with van der Waals surface area (Å²) in [5, 5.41) is 5.83. The van der Waals surface area contributed by atoms with Crippen molar-refractivity contribution in [2.75, 3.05) is 5.73 Å². The van der Waals surface area contributed by atoms with Crippen LogP contribution in [0, 0.1) is 0 Å². The fraction of sp³-hybridized carbons (Fsp3) is 0.0833. The molecule has 0 bridgehead atoms. The summed E-state index contributed by atoms with van der Waals surface area (Å²) < 4.78 is 5.20. The first-order valence-corrected chi connectivity index (χ1v) is 6.27. The van der Waals surface area contributed by atoms with Gasteiger partial charge in [0.2, 0.25) is 0 Å². The van der Waals surface area contributed by atoms with Gasteiger partial charge in [0.1, 0.15) is 4.88 Å². The molecular formula is C12H10N4OS. The van der Waals surface area contributed by atoms with Crippen molar-refractivity contribution in [1.29, 1.82) is 0 Å². The molecule has 0 saturated carbocycles. The van der Waals surface area contributed by atoms with Crippen molar-refractivity contribution < 1.29 is 4.52 Å². The molecule has 0 radical (unpaired) electrons. The van der Waals surface area contributed by atoms with Gasteiger partial charge in [-0.1, -0.05) is 11.2 Å². The molecule has 0 unspecified atom stereocenters. The van der Waals surface area contributed by atoms with Gasteiger partial charge in [0, 0.05) is 11.9 Å². The van der Waals surface area contributed by atoms with Gasteiger partial charge in [0.15, 0.2) is 5.82 Å². The van der Waals surface area contributed by atoms with E-state index in [0.29, 0.717) is 23.8 Å². The Morgan fingerprint density at radius 2 is 2.22 bits per heavy atom. The molecule has 0 atom stereocenters. The Kier molecular flexibility index (Phi) is 2.77. The highest BCUT2D eigenvalue weighted by Gasteiger charge is 2.13. The first-order chi connectivity index (χ1) is 8.83. The van der Waals surface area contributed by atoms with Gasteiger partial charge >= 0.3 is 0 Å². The maximum atomic E-state index is 5.80. The third-order valence-electron chi connectivity index (χ3n) is 2.42. The Labute approximate surface area is 107 Å². The van der Waals surface area contributed by atoms with E-state index in [0.717, 1.165) is 10.6 Å². The van der Waals surface area contributed by atoms with Crippen molar-refractivity contribution in [3.8, 4) is 10.8 Å². The average molecular weight is 258 g/mol. The molecule has 0 aliphatic rings. The molecule has 3 heterocycles. The molecule has 0 aromatic carbocycles. The monoisotopic (exact) mass is 258 g/mol. The Bertz CT molecular complexity index is 647. The normalized spacial score (nSPS) is 10.7. The number of nitrogen functional groups attached to an aromatic ring is 1. The predicted molar refractivity (Wildman–Crippen MR) is 69.1 cm³/mol. The highest BCUT2D eigenvalue weighted by atomic mass is 32.1. The van der Waals surface area contributed by atoms with Crippen LogP contribution in [0.3, 0.4) is 0 Å². The zero-order valence-corrected chi connectivity index (χ0v) is 10.2. The van der Waals surface area contributed by atoms with Crippen LogP contribution in [-0.4, -0.2) is 15.1 Å². The zero-order chi connectivity index (χ0) is 12.4. The van der Waals surface area contributed by atoms with Crippen LogP contribution >= 0.6 is 11.3 Å². The maximum absolute atomic E-state index is 5.80. The first kappa shape index (κ1) is 10.9. The minimum absolute atomic E-state index is 0.466. The summed E-state index contributed by atoms with van der Waals surface area (Å²) in [6, 6.07) is 7.55. The minimum atomic E-state index is 0.466. The molecular weight excluding hydrogens is 248 g/mol. The Morgan fingerprint density at radius 1 is 1.28 bits per heavy atom. The number of rotatable bonds is 3. The second-order valence-electron chi connectivity index (χ2n) is 3.72. The van der Waals surface area contributed by atoms with Crippen molar-refractivity contribution in [1.82, 2.24) is 15.1 Å². The van der Waals surface area contributed by atoms with Crippen LogP contribution in [0.2, 0.25) is 0 Å². The number of nitrogens with zero attached hydrogens (tertiary/aromatic N) is 3. The summed E-state index contributed by atoms with van der Waals surface area (Å²) in [6.45, 7) is 0. The van der Waals surface area contributed by atoms with Gasteiger partial charge < -0.3 is 10.3 Å². The third kappa shape index (κ3) is 2.10. The number of hydrogen-bond acceptors (Lipinski definition) is 6. The Hall–Kier alpha value is -2.21. The van der Waals surface area contributed by atoms with Crippen LogP contribution in [0.25, 0.3) is 10.8 Å². The van der Waals surface area contributed by atoms with E-state index < -0.39 is 0 Å². The number of pyridine rings is 1. The molecule has 0 aliphatic heterocycles. The smallest absolute Gasteiger partial charge is 0.270 e. The topological polar surface area (TPSA) is 77.8 Å². The van der Waals surface area contributed by atoms with Crippen molar-refractivity contribution in [3.63, 3.8) is 0 Å². The molecule has 3 rings (SSSR count). The summed E-state index contributed by atoms with van der Waals surface area (Å²) in [6.07, 6.45) is 2.29. The van der Waals surface area contributed by atoms with Crippen LogP contribution in [0.1, 0.15) is 11.5 Å². The summed E-state index contributed by atoms with van der Waals surface area (Å²) in [5.74, 6) is 1.07. The van der Waals surface area contributed by atoms with Crippen molar-refractivity contribution >= 4 is 17.0 Å². The van der Waals surface area contributed by atoms with Gasteiger partial charge in [-0.15, -0.1) is 11.3 Å². The molecule has 0 spiro atoms. The summed E-state index contributed by atoms with van der Waals surface area (Å²) in [4.78, 5) is 9.36. The molecule has 2 N–H and O–H groups in total. The molecule has 18 heavy (non-hydrogen) atoms. The fourth-order valence-corrected chi connectivity index (χ4v) is 2.31. The zero-order valence-electron chi connectivity index (χ0n) is 9.41. The number of anilines is 1. The largest absolute Gasteiger partial charge is 0.397 e. The summed E-state index contributed by atoms with van der Waals surface area (Å²) in [5.41, 5.74) is 7.37. The molecule has 90 valence electrons. The SMILES string of the molecule is Nc1ccsc1-c1nc(Cc2ccccn2)no1. The van der Waals surface area contributed by atoms with Crippen LogP contribution in [0.5, 0.6) is 0 Å². The Morgan fingerprint density at radius 3 is 2.94 bits per heavy atom. The van der Waals surface area contributed by atoms with E-state index in [1.807, 2.05) is 29.6 Å². The van der Waals surface area contributed by atoms with Crippen molar-refractivity contribution in [2.24, 2.45) is 0 Å². The molecule has 0 saturated heterocycles. The third-order valence-corrected chi connectivity index (χ3v) is 3.34. The summed E-state index contributed by atoms with van der Waals surface area (Å²) >= 11 is 1.49. The van der Waals surface area contributed by atoms with E-state index in [1.54, 1.807) is 6.20 Å². The number of nitrogens with two attached hydrogens (primary N) is 1. The van der Waals surface area contributed by atoms with Gasteiger partial charge in [-0.05, 0) is 23.6 Å². The highest BCUT2D eigenvalue weighted by Crippen LogP contribution is 2.30. The molecule has 0 fully saturated rings. The van der Waals surface area contributed by atoms with Crippen LogP contribution in [-0.2, 0) is 6.42 Å². The van der Waals surface area contributed by atoms with Gasteiger partial charge in [-0.3, -0.25) is 4.98 Å². The van der Waals surface area contributed by atoms with E-state index in [-0.39, 0.29) is 0 Å². The quantitative estimate of drug-likeness (QED) is 0.780. The van der Waals surface area contributed by atoms with Gasteiger partial charge in [-0.2, -0.15) is 4.98 Å². The molecule has 0 amide bonds. The lowest BCUT2D eigenvalue weighted by atomic mass is 10.2. The maximum Gasteiger partial charge on any atom is 0.270 e.